The van der Waals surface area contributed by atoms with Gasteiger partial charge in [-0.25, -0.2) is 0 Å². The van der Waals surface area contributed by atoms with Crippen LogP contribution in [0.25, 0.3) is 0 Å². The Morgan fingerprint density at radius 1 is 1.06 bits per heavy atom. The van der Waals surface area contributed by atoms with Crippen molar-refractivity contribution in [1.82, 2.24) is 4.90 Å². The van der Waals surface area contributed by atoms with Gasteiger partial charge in [0.2, 0.25) is 5.91 Å². The lowest BCUT2D eigenvalue weighted by atomic mass is 9.52. The molecule has 4 saturated carbocycles. The summed E-state index contributed by atoms with van der Waals surface area (Å²) < 4.78 is 0. The second kappa shape index (κ2) is 3.96. The van der Waals surface area contributed by atoms with Gasteiger partial charge in [-0.2, -0.15) is 0 Å². The predicted octanol–water partition coefficient (Wildman–Crippen LogP) is 1.62. The summed E-state index contributed by atoms with van der Waals surface area (Å²) in [7, 11) is 0. The van der Waals surface area contributed by atoms with Gasteiger partial charge in [-0.05, 0) is 68.1 Å². The van der Waals surface area contributed by atoms with Crippen LogP contribution in [0, 0.1) is 29.6 Å². The number of hydrogen-bond acceptors (Lipinski definition) is 2. The summed E-state index contributed by atoms with van der Waals surface area (Å²) in [5.41, 5.74) is 5.83. The van der Waals surface area contributed by atoms with Gasteiger partial charge < -0.3 is 10.6 Å². The number of nitrogens with two attached hydrogens (primary N) is 1. The maximum Gasteiger partial charge on any atom is 0.239 e. The molecule has 1 heterocycles. The van der Waals surface area contributed by atoms with E-state index in [-0.39, 0.29) is 11.9 Å². The number of carbonyl (C=O) groups excluding carboxylic acids is 1. The minimum absolute atomic E-state index is 0.207. The standard InChI is InChI=1S/C15H24N2O/c16-14-1-2-17(15(14)18)8-13-11-4-9-3-10(6-11)7-12(13)5-9/h9-14H,1-8,16H2. The van der Waals surface area contributed by atoms with E-state index in [1.807, 2.05) is 0 Å². The third-order valence-electron chi connectivity index (χ3n) is 6.19. The minimum Gasteiger partial charge on any atom is -0.341 e. The first-order chi connectivity index (χ1) is 8.70. The summed E-state index contributed by atoms with van der Waals surface area (Å²) in [6, 6.07) is -0.207. The summed E-state index contributed by atoms with van der Waals surface area (Å²) in [5.74, 6) is 4.91. The molecule has 4 bridgehead atoms. The normalized spacial score (nSPS) is 50.3. The molecule has 0 aromatic heterocycles. The fourth-order valence-corrected chi connectivity index (χ4v) is 5.53. The van der Waals surface area contributed by atoms with Crippen LogP contribution in [0.2, 0.25) is 0 Å². The molecule has 18 heavy (non-hydrogen) atoms. The minimum atomic E-state index is -0.207. The fourth-order valence-electron chi connectivity index (χ4n) is 5.53. The number of likely N-dealkylation sites (tertiary alicyclic amines) is 1. The first-order valence-corrected chi connectivity index (χ1v) is 7.75. The van der Waals surface area contributed by atoms with E-state index in [1.165, 1.54) is 32.1 Å². The molecular weight excluding hydrogens is 224 g/mol. The fraction of sp³-hybridized carbons (Fsp3) is 0.933. The quantitative estimate of drug-likeness (QED) is 0.807. The van der Waals surface area contributed by atoms with Crippen LogP contribution >= 0.6 is 0 Å². The molecule has 3 nitrogen and oxygen atoms in total. The van der Waals surface area contributed by atoms with Crippen LogP contribution in [0.1, 0.15) is 38.5 Å². The van der Waals surface area contributed by atoms with Crippen molar-refractivity contribution in [3.05, 3.63) is 0 Å². The zero-order valence-electron chi connectivity index (χ0n) is 11.1. The molecule has 5 fully saturated rings. The molecular formula is C15H24N2O. The smallest absolute Gasteiger partial charge is 0.239 e. The Morgan fingerprint density at radius 2 is 1.67 bits per heavy atom. The van der Waals surface area contributed by atoms with Gasteiger partial charge in [0, 0.05) is 13.1 Å². The molecule has 3 heteroatoms. The Hall–Kier alpha value is -0.570. The highest BCUT2D eigenvalue weighted by atomic mass is 16.2. The van der Waals surface area contributed by atoms with E-state index < -0.39 is 0 Å². The molecule has 1 atom stereocenters. The predicted molar refractivity (Wildman–Crippen MR) is 69.7 cm³/mol. The average molecular weight is 248 g/mol. The Morgan fingerprint density at radius 3 is 2.17 bits per heavy atom. The number of rotatable bonds is 2. The SMILES string of the molecule is NC1CCN(CC2C3CC4CC(C3)CC2C4)C1=O. The Bertz CT molecular complexity index is 340. The van der Waals surface area contributed by atoms with E-state index in [9.17, 15) is 4.79 Å². The first kappa shape index (κ1) is 11.3. The summed E-state index contributed by atoms with van der Waals surface area (Å²) >= 11 is 0. The maximum atomic E-state index is 12.0. The molecule has 1 unspecified atom stereocenters. The summed E-state index contributed by atoms with van der Waals surface area (Å²) in [4.78, 5) is 14.0. The average Bonchev–Trinajstić information content (AvgIpc) is 2.64. The lowest BCUT2D eigenvalue weighted by Gasteiger charge is -2.55. The van der Waals surface area contributed by atoms with E-state index in [0.29, 0.717) is 0 Å². The van der Waals surface area contributed by atoms with Crippen LogP contribution in [0.3, 0.4) is 0 Å². The summed E-state index contributed by atoms with van der Waals surface area (Å²) in [6.45, 7) is 1.92. The highest BCUT2D eigenvalue weighted by Crippen LogP contribution is 2.56. The zero-order chi connectivity index (χ0) is 12.3. The Balaban J connectivity index is 1.47. The van der Waals surface area contributed by atoms with Crippen molar-refractivity contribution in [1.29, 1.82) is 0 Å². The Kier molecular flexibility index (Phi) is 2.48. The number of carbonyl (C=O) groups is 1. The third kappa shape index (κ3) is 1.63. The third-order valence-corrected chi connectivity index (χ3v) is 6.19. The summed E-state index contributed by atoms with van der Waals surface area (Å²) in [6.07, 6.45) is 8.17. The first-order valence-electron chi connectivity index (χ1n) is 7.75. The second-order valence-corrected chi connectivity index (χ2v) is 7.27. The molecule has 1 saturated heterocycles. The Labute approximate surface area is 109 Å². The number of nitrogens with zero attached hydrogens (tertiary/aromatic N) is 1. The van der Waals surface area contributed by atoms with Gasteiger partial charge in [0.1, 0.15) is 0 Å². The second-order valence-electron chi connectivity index (χ2n) is 7.27. The van der Waals surface area contributed by atoms with Crippen LogP contribution in [0.5, 0.6) is 0 Å². The van der Waals surface area contributed by atoms with Crippen molar-refractivity contribution < 1.29 is 4.79 Å². The van der Waals surface area contributed by atoms with Gasteiger partial charge in [0.25, 0.3) is 0 Å². The van der Waals surface area contributed by atoms with Crippen LogP contribution in [-0.2, 0) is 4.79 Å². The highest BCUT2D eigenvalue weighted by molar-refractivity contribution is 5.83. The largest absolute Gasteiger partial charge is 0.341 e. The monoisotopic (exact) mass is 248 g/mol. The van der Waals surface area contributed by atoms with Crippen LogP contribution in [-0.4, -0.2) is 29.9 Å². The highest BCUT2D eigenvalue weighted by Gasteiger charge is 2.49. The van der Waals surface area contributed by atoms with Crippen molar-refractivity contribution >= 4 is 5.91 Å². The van der Waals surface area contributed by atoms with Crippen LogP contribution in [0.4, 0.5) is 0 Å². The molecule has 1 aliphatic heterocycles. The van der Waals surface area contributed by atoms with E-state index in [2.05, 4.69) is 4.90 Å². The van der Waals surface area contributed by atoms with Gasteiger partial charge in [0.15, 0.2) is 0 Å². The van der Waals surface area contributed by atoms with Crippen molar-refractivity contribution in [3.8, 4) is 0 Å². The number of hydrogen-bond donors (Lipinski definition) is 1. The molecule has 0 radical (unpaired) electrons. The van der Waals surface area contributed by atoms with Crippen LogP contribution in [0.15, 0.2) is 0 Å². The van der Waals surface area contributed by atoms with E-state index in [0.717, 1.165) is 49.1 Å². The van der Waals surface area contributed by atoms with Crippen molar-refractivity contribution in [2.45, 2.75) is 44.6 Å². The number of amides is 1. The molecule has 0 spiro atoms. The van der Waals surface area contributed by atoms with Gasteiger partial charge in [-0.15, -0.1) is 0 Å². The van der Waals surface area contributed by atoms with Gasteiger partial charge in [-0.1, -0.05) is 0 Å². The maximum absolute atomic E-state index is 12.0. The molecule has 5 aliphatic rings. The molecule has 1 amide bonds. The van der Waals surface area contributed by atoms with Crippen molar-refractivity contribution in [2.75, 3.05) is 13.1 Å². The molecule has 5 rings (SSSR count). The van der Waals surface area contributed by atoms with E-state index >= 15 is 0 Å². The lowest BCUT2D eigenvalue weighted by Crippen LogP contribution is -2.49. The molecule has 4 aliphatic carbocycles. The van der Waals surface area contributed by atoms with Crippen LogP contribution < -0.4 is 5.73 Å². The van der Waals surface area contributed by atoms with Gasteiger partial charge in [-0.3, -0.25) is 4.79 Å². The van der Waals surface area contributed by atoms with Crippen molar-refractivity contribution in [2.24, 2.45) is 35.3 Å². The van der Waals surface area contributed by atoms with Gasteiger partial charge >= 0.3 is 0 Å². The lowest BCUT2D eigenvalue weighted by molar-refractivity contribution is -0.131. The van der Waals surface area contributed by atoms with Gasteiger partial charge in [0.05, 0.1) is 6.04 Å². The topological polar surface area (TPSA) is 46.3 Å². The van der Waals surface area contributed by atoms with E-state index in [4.69, 9.17) is 5.73 Å². The molecule has 2 N–H and O–H groups in total. The van der Waals surface area contributed by atoms with Crippen molar-refractivity contribution in [3.63, 3.8) is 0 Å². The molecule has 0 aromatic carbocycles. The summed E-state index contributed by atoms with van der Waals surface area (Å²) in [5, 5.41) is 0. The molecule has 0 aromatic rings. The van der Waals surface area contributed by atoms with E-state index in [1.54, 1.807) is 0 Å². The molecule has 100 valence electrons. The zero-order valence-corrected chi connectivity index (χ0v) is 11.1.